The molecule has 0 spiro atoms. The van der Waals surface area contributed by atoms with Gasteiger partial charge in [0, 0.05) is 17.6 Å². The topological polar surface area (TPSA) is 111 Å². The number of fused-ring (bicyclic) bond motifs is 1. The van der Waals surface area contributed by atoms with Crippen LogP contribution in [0.4, 0.5) is 24.5 Å². The van der Waals surface area contributed by atoms with Gasteiger partial charge in [-0.1, -0.05) is 0 Å². The van der Waals surface area contributed by atoms with Crippen molar-refractivity contribution in [2.24, 2.45) is 0 Å². The maximum absolute atomic E-state index is 12.8. The van der Waals surface area contributed by atoms with Crippen LogP contribution < -0.4 is 9.46 Å². The lowest BCUT2D eigenvalue weighted by atomic mass is 10.2. The first-order valence-electron chi connectivity index (χ1n) is 7.85. The predicted octanol–water partition coefficient (Wildman–Crippen LogP) is 3.97. The average molecular weight is 427 g/mol. The minimum absolute atomic E-state index is 0.0180. The molecule has 8 nitrogen and oxygen atoms in total. The third-order valence-electron chi connectivity index (χ3n) is 3.97. The Bertz CT molecular complexity index is 1210. The monoisotopic (exact) mass is 427 g/mol. The van der Waals surface area contributed by atoms with Crippen LogP contribution in [0.25, 0.3) is 10.9 Å². The van der Waals surface area contributed by atoms with Crippen LogP contribution in [0.5, 0.6) is 5.75 Å². The number of alkyl halides is 3. The fourth-order valence-corrected chi connectivity index (χ4v) is 3.89. The standard InChI is InChI=1S/C17H12F3N3O5S/c1-28-14-6-5-12(16-11(14)3-2-8-21-16)22-29(26,27)15-7-4-10(17(18,19)20)9-13(15)23(24)25/h2-9,22H,1H3. The van der Waals surface area contributed by atoms with Crippen molar-refractivity contribution in [1.82, 2.24) is 4.98 Å². The number of nitrogens with one attached hydrogen (secondary N) is 1. The molecular formula is C17H12F3N3O5S. The van der Waals surface area contributed by atoms with Gasteiger partial charge in [-0.3, -0.25) is 19.8 Å². The van der Waals surface area contributed by atoms with E-state index in [1.807, 2.05) is 0 Å². The molecule has 1 aromatic heterocycles. The first kappa shape index (κ1) is 20.3. The van der Waals surface area contributed by atoms with Crippen molar-refractivity contribution in [2.75, 3.05) is 11.8 Å². The lowest BCUT2D eigenvalue weighted by Crippen LogP contribution is -2.16. The lowest BCUT2D eigenvalue weighted by molar-refractivity contribution is -0.388. The third-order valence-corrected chi connectivity index (χ3v) is 5.38. The molecule has 1 heterocycles. The van der Waals surface area contributed by atoms with Crippen LogP contribution in [-0.2, 0) is 16.2 Å². The van der Waals surface area contributed by atoms with Gasteiger partial charge < -0.3 is 4.74 Å². The van der Waals surface area contributed by atoms with Crippen molar-refractivity contribution in [3.8, 4) is 5.75 Å². The summed E-state index contributed by atoms with van der Waals surface area (Å²) in [6.45, 7) is 0. The Morgan fingerprint density at radius 2 is 1.90 bits per heavy atom. The van der Waals surface area contributed by atoms with Crippen molar-refractivity contribution in [1.29, 1.82) is 0 Å². The number of rotatable bonds is 5. The number of methoxy groups -OCH3 is 1. The van der Waals surface area contributed by atoms with E-state index < -0.39 is 37.3 Å². The maximum atomic E-state index is 12.8. The van der Waals surface area contributed by atoms with Gasteiger partial charge in [0.2, 0.25) is 0 Å². The van der Waals surface area contributed by atoms with E-state index in [9.17, 15) is 31.7 Å². The van der Waals surface area contributed by atoms with E-state index in [1.165, 1.54) is 25.4 Å². The summed E-state index contributed by atoms with van der Waals surface area (Å²) in [4.78, 5) is 13.2. The molecule has 0 aliphatic rings. The smallest absolute Gasteiger partial charge is 0.416 e. The van der Waals surface area contributed by atoms with Gasteiger partial charge >= 0.3 is 6.18 Å². The second-order valence-corrected chi connectivity index (χ2v) is 7.41. The SMILES string of the molecule is COc1ccc(NS(=O)(=O)c2ccc(C(F)(F)F)cc2[N+](=O)[O-])c2ncccc12. The molecule has 3 rings (SSSR count). The molecule has 0 saturated heterocycles. The molecule has 2 aromatic carbocycles. The number of halogens is 3. The molecule has 0 aliphatic heterocycles. The first-order chi connectivity index (χ1) is 13.5. The first-order valence-corrected chi connectivity index (χ1v) is 9.33. The molecule has 29 heavy (non-hydrogen) atoms. The number of aromatic nitrogens is 1. The minimum Gasteiger partial charge on any atom is -0.496 e. The molecule has 0 fully saturated rings. The van der Waals surface area contributed by atoms with Gasteiger partial charge in [-0.25, -0.2) is 8.42 Å². The molecule has 12 heteroatoms. The number of anilines is 1. The number of pyridine rings is 1. The average Bonchev–Trinajstić information content (AvgIpc) is 2.67. The molecule has 0 aliphatic carbocycles. The molecule has 0 radical (unpaired) electrons. The van der Waals surface area contributed by atoms with E-state index in [4.69, 9.17) is 4.74 Å². The number of hydrogen-bond donors (Lipinski definition) is 1. The minimum atomic E-state index is -4.86. The fraction of sp³-hybridized carbons (Fsp3) is 0.118. The van der Waals surface area contributed by atoms with Crippen LogP contribution in [0.1, 0.15) is 5.56 Å². The second kappa shape index (κ2) is 7.20. The van der Waals surface area contributed by atoms with Crippen LogP contribution in [0, 0.1) is 10.1 Å². The maximum Gasteiger partial charge on any atom is 0.416 e. The molecule has 0 amide bonds. The van der Waals surface area contributed by atoms with E-state index in [0.717, 1.165) is 0 Å². The number of hydrogen-bond acceptors (Lipinski definition) is 6. The third kappa shape index (κ3) is 3.92. The van der Waals surface area contributed by atoms with Gasteiger partial charge in [-0.15, -0.1) is 0 Å². The highest BCUT2D eigenvalue weighted by Crippen LogP contribution is 2.36. The highest BCUT2D eigenvalue weighted by molar-refractivity contribution is 7.92. The van der Waals surface area contributed by atoms with Gasteiger partial charge in [0.25, 0.3) is 15.7 Å². The zero-order valence-electron chi connectivity index (χ0n) is 14.6. The molecular weight excluding hydrogens is 415 g/mol. The fourth-order valence-electron chi connectivity index (χ4n) is 2.67. The number of sulfonamides is 1. The normalized spacial score (nSPS) is 12.0. The van der Waals surface area contributed by atoms with Crippen LogP contribution >= 0.6 is 0 Å². The summed E-state index contributed by atoms with van der Waals surface area (Å²) >= 11 is 0. The van der Waals surface area contributed by atoms with Crippen molar-refractivity contribution in [3.63, 3.8) is 0 Å². The summed E-state index contributed by atoms with van der Waals surface area (Å²) < 4.78 is 71.3. The van der Waals surface area contributed by atoms with Gasteiger partial charge in [0.05, 0.1) is 28.8 Å². The number of benzene rings is 2. The number of nitrogens with zero attached hydrogens (tertiary/aromatic N) is 2. The highest BCUT2D eigenvalue weighted by Gasteiger charge is 2.35. The quantitative estimate of drug-likeness (QED) is 0.487. The van der Waals surface area contributed by atoms with Crippen LogP contribution in [0.2, 0.25) is 0 Å². The summed E-state index contributed by atoms with van der Waals surface area (Å²) in [5.74, 6) is 0.413. The van der Waals surface area contributed by atoms with Crippen LogP contribution in [-0.4, -0.2) is 25.4 Å². The van der Waals surface area contributed by atoms with Gasteiger partial charge in [-0.2, -0.15) is 13.2 Å². The van der Waals surface area contributed by atoms with Crippen LogP contribution in [0.15, 0.2) is 53.6 Å². The van der Waals surface area contributed by atoms with E-state index in [1.54, 1.807) is 12.1 Å². The summed E-state index contributed by atoms with van der Waals surface area (Å²) in [5, 5.41) is 11.7. The Morgan fingerprint density at radius 1 is 1.17 bits per heavy atom. The Labute approximate surface area is 162 Å². The van der Waals surface area contributed by atoms with Crippen molar-refractivity contribution >= 4 is 32.3 Å². The number of ether oxygens (including phenoxy) is 1. The van der Waals surface area contributed by atoms with Crippen molar-refractivity contribution in [3.05, 3.63) is 64.3 Å². The van der Waals surface area contributed by atoms with E-state index >= 15 is 0 Å². The highest BCUT2D eigenvalue weighted by atomic mass is 32.2. The van der Waals surface area contributed by atoms with Gasteiger partial charge in [0.15, 0.2) is 4.90 Å². The van der Waals surface area contributed by atoms with E-state index in [-0.39, 0.29) is 17.3 Å². The molecule has 0 saturated carbocycles. The number of nitro groups is 1. The number of nitro benzene ring substituents is 1. The van der Waals surface area contributed by atoms with Gasteiger partial charge in [-0.05, 0) is 36.4 Å². The Morgan fingerprint density at radius 3 is 2.52 bits per heavy atom. The van der Waals surface area contributed by atoms with Crippen LogP contribution in [0.3, 0.4) is 0 Å². The van der Waals surface area contributed by atoms with Gasteiger partial charge in [0.1, 0.15) is 5.75 Å². The Hall–Kier alpha value is -3.41. The van der Waals surface area contributed by atoms with Crippen molar-refractivity contribution in [2.45, 2.75) is 11.1 Å². The van der Waals surface area contributed by atoms with E-state index in [2.05, 4.69) is 9.71 Å². The zero-order chi connectivity index (χ0) is 21.4. The summed E-state index contributed by atoms with van der Waals surface area (Å²) in [5.41, 5.74) is -2.35. The molecule has 1 N–H and O–H groups in total. The predicted molar refractivity (Wildman–Crippen MR) is 97.2 cm³/mol. The largest absolute Gasteiger partial charge is 0.496 e. The van der Waals surface area contributed by atoms with E-state index in [0.29, 0.717) is 23.3 Å². The summed E-state index contributed by atoms with van der Waals surface area (Å²) in [6.07, 6.45) is -3.46. The zero-order valence-corrected chi connectivity index (χ0v) is 15.4. The Balaban J connectivity index is 2.12. The second-order valence-electron chi connectivity index (χ2n) is 5.76. The Kier molecular flexibility index (Phi) is 5.05. The summed E-state index contributed by atoms with van der Waals surface area (Å²) in [7, 11) is -3.19. The van der Waals surface area contributed by atoms with Crippen molar-refractivity contribution < 1.29 is 31.2 Å². The molecule has 3 aromatic rings. The lowest BCUT2D eigenvalue weighted by Gasteiger charge is -2.13. The molecule has 0 unspecified atom stereocenters. The molecule has 152 valence electrons. The molecule has 0 atom stereocenters. The molecule has 0 bridgehead atoms. The summed E-state index contributed by atoms with van der Waals surface area (Å²) in [6, 6.07) is 7.21.